The topological polar surface area (TPSA) is 70.7 Å². The highest BCUT2D eigenvalue weighted by atomic mass is 16.5. The van der Waals surface area contributed by atoms with E-state index in [1.807, 2.05) is 6.92 Å². The fourth-order valence-electron chi connectivity index (χ4n) is 2.20. The zero-order chi connectivity index (χ0) is 19.6. The summed E-state index contributed by atoms with van der Waals surface area (Å²) in [7, 11) is 3.42. The van der Waals surface area contributed by atoms with Crippen LogP contribution in [0.3, 0.4) is 0 Å². The first-order chi connectivity index (χ1) is 13.0. The second kappa shape index (κ2) is 9.88. The minimum atomic E-state index is -0.333. The molecule has 6 nitrogen and oxygen atoms in total. The average molecular weight is 365 g/mol. The second-order valence-corrected chi connectivity index (χ2v) is 5.84. The van der Waals surface area contributed by atoms with Crippen molar-refractivity contribution in [2.24, 2.45) is 0 Å². The third kappa shape index (κ3) is 6.40. The van der Waals surface area contributed by atoms with E-state index in [4.69, 9.17) is 4.74 Å². The van der Waals surface area contributed by atoms with Crippen molar-refractivity contribution in [2.75, 3.05) is 32.6 Å². The molecule has 2 N–H and O–H groups in total. The largest absolute Gasteiger partial charge is 0.494 e. The van der Waals surface area contributed by atoms with Crippen LogP contribution in [0.4, 0.5) is 10.5 Å². The van der Waals surface area contributed by atoms with Gasteiger partial charge in [0.05, 0.1) is 13.2 Å². The van der Waals surface area contributed by atoms with Crippen LogP contribution in [0.15, 0.2) is 48.5 Å². The Balaban J connectivity index is 1.80. The standard InChI is InChI=1S/C21H23N3O3/c1-4-27-19-13-11-18(12-14-19)23-21(26)22-15-5-6-16-7-9-17(10-8-16)20(25)24(2)3/h7-14H,4,15H2,1-3H3,(H2,22,23,26). The third-order valence-corrected chi connectivity index (χ3v) is 3.53. The van der Waals surface area contributed by atoms with E-state index in [9.17, 15) is 9.59 Å². The third-order valence-electron chi connectivity index (χ3n) is 3.53. The molecule has 6 heteroatoms. The number of urea groups is 1. The van der Waals surface area contributed by atoms with Crippen LogP contribution in [0.5, 0.6) is 5.75 Å². The van der Waals surface area contributed by atoms with E-state index in [1.54, 1.807) is 62.6 Å². The maximum Gasteiger partial charge on any atom is 0.319 e. The van der Waals surface area contributed by atoms with Crippen LogP contribution < -0.4 is 15.4 Å². The van der Waals surface area contributed by atoms with Gasteiger partial charge in [-0.25, -0.2) is 4.79 Å². The molecule has 0 aliphatic carbocycles. The van der Waals surface area contributed by atoms with Gasteiger partial charge in [0.1, 0.15) is 5.75 Å². The Bertz CT molecular complexity index is 832. The average Bonchev–Trinajstić information content (AvgIpc) is 2.67. The lowest BCUT2D eigenvalue weighted by atomic mass is 10.1. The lowest BCUT2D eigenvalue weighted by Gasteiger charge is -2.09. The van der Waals surface area contributed by atoms with E-state index < -0.39 is 0 Å². The number of rotatable bonds is 5. The first kappa shape index (κ1) is 19.9. The number of benzene rings is 2. The smallest absolute Gasteiger partial charge is 0.319 e. The molecule has 0 fully saturated rings. The Hall–Kier alpha value is -3.46. The van der Waals surface area contributed by atoms with E-state index in [1.165, 1.54) is 4.90 Å². The van der Waals surface area contributed by atoms with Crippen molar-refractivity contribution >= 4 is 17.6 Å². The molecule has 27 heavy (non-hydrogen) atoms. The van der Waals surface area contributed by atoms with Gasteiger partial charge < -0.3 is 20.3 Å². The van der Waals surface area contributed by atoms with Crippen molar-refractivity contribution in [3.63, 3.8) is 0 Å². The van der Waals surface area contributed by atoms with Gasteiger partial charge >= 0.3 is 6.03 Å². The Morgan fingerprint density at radius 2 is 1.70 bits per heavy atom. The van der Waals surface area contributed by atoms with Gasteiger partial charge in [0, 0.05) is 30.9 Å². The highest BCUT2D eigenvalue weighted by molar-refractivity contribution is 5.94. The zero-order valence-electron chi connectivity index (χ0n) is 15.7. The van der Waals surface area contributed by atoms with E-state index in [2.05, 4.69) is 22.5 Å². The molecule has 2 aromatic rings. The first-order valence-electron chi connectivity index (χ1n) is 8.58. The number of anilines is 1. The SMILES string of the molecule is CCOc1ccc(NC(=O)NCC#Cc2ccc(C(=O)N(C)C)cc2)cc1. The minimum absolute atomic E-state index is 0.0536. The number of hydrogen-bond acceptors (Lipinski definition) is 3. The Morgan fingerprint density at radius 1 is 1.04 bits per heavy atom. The number of carbonyl (C=O) groups is 2. The normalized spacial score (nSPS) is 9.59. The maximum absolute atomic E-state index is 11.9. The first-order valence-corrected chi connectivity index (χ1v) is 8.58. The summed E-state index contributed by atoms with van der Waals surface area (Å²) >= 11 is 0. The summed E-state index contributed by atoms with van der Waals surface area (Å²) in [5.74, 6) is 6.53. The van der Waals surface area contributed by atoms with Crippen molar-refractivity contribution < 1.29 is 14.3 Å². The summed E-state index contributed by atoms with van der Waals surface area (Å²) in [6.45, 7) is 2.72. The molecule has 0 spiro atoms. The van der Waals surface area contributed by atoms with Gasteiger partial charge in [-0.2, -0.15) is 0 Å². The van der Waals surface area contributed by atoms with Gasteiger partial charge in [0.25, 0.3) is 5.91 Å². The summed E-state index contributed by atoms with van der Waals surface area (Å²) in [4.78, 5) is 25.2. The van der Waals surface area contributed by atoms with E-state index in [0.717, 1.165) is 11.3 Å². The Morgan fingerprint density at radius 3 is 2.30 bits per heavy atom. The van der Waals surface area contributed by atoms with E-state index in [0.29, 0.717) is 17.9 Å². The van der Waals surface area contributed by atoms with Crippen LogP contribution in [0, 0.1) is 11.8 Å². The number of nitrogens with zero attached hydrogens (tertiary/aromatic N) is 1. The zero-order valence-corrected chi connectivity index (χ0v) is 15.7. The van der Waals surface area contributed by atoms with Crippen molar-refractivity contribution in [2.45, 2.75) is 6.92 Å². The highest BCUT2D eigenvalue weighted by Gasteiger charge is 2.06. The molecule has 0 heterocycles. The predicted octanol–water partition coefficient (Wildman–Crippen LogP) is 2.96. The monoisotopic (exact) mass is 365 g/mol. The number of nitrogens with one attached hydrogen (secondary N) is 2. The molecule has 0 aliphatic heterocycles. The summed E-state index contributed by atoms with van der Waals surface area (Å²) in [6, 6.07) is 13.8. The molecule has 0 bridgehead atoms. The molecule has 140 valence electrons. The molecule has 0 unspecified atom stereocenters. The van der Waals surface area contributed by atoms with Crippen LogP contribution in [0.2, 0.25) is 0 Å². The molecular weight excluding hydrogens is 342 g/mol. The van der Waals surface area contributed by atoms with Gasteiger partial charge in [0.2, 0.25) is 0 Å². The number of hydrogen-bond donors (Lipinski definition) is 2. The molecule has 3 amide bonds. The van der Waals surface area contributed by atoms with Gasteiger partial charge in [-0.1, -0.05) is 11.8 Å². The quantitative estimate of drug-likeness (QED) is 0.801. The molecular formula is C21H23N3O3. The van der Waals surface area contributed by atoms with Gasteiger partial charge in [-0.05, 0) is 55.5 Å². The molecule has 0 radical (unpaired) electrons. The van der Waals surface area contributed by atoms with Crippen molar-refractivity contribution in [3.8, 4) is 17.6 Å². The molecule has 0 saturated heterocycles. The van der Waals surface area contributed by atoms with Crippen LogP contribution >= 0.6 is 0 Å². The maximum atomic E-state index is 11.9. The number of ether oxygens (including phenoxy) is 1. The molecule has 0 saturated carbocycles. The molecule has 2 rings (SSSR count). The van der Waals surface area contributed by atoms with Crippen LogP contribution in [0.1, 0.15) is 22.8 Å². The lowest BCUT2D eigenvalue weighted by molar-refractivity contribution is 0.0827. The summed E-state index contributed by atoms with van der Waals surface area (Å²) < 4.78 is 5.35. The second-order valence-electron chi connectivity index (χ2n) is 5.84. The molecule has 2 aromatic carbocycles. The van der Waals surface area contributed by atoms with E-state index in [-0.39, 0.29) is 18.5 Å². The van der Waals surface area contributed by atoms with Crippen LogP contribution in [-0.4, -0.2) is 44.1 Å². The van der Waals surface area contributed by atoms with Gasteiger partial charge in [0.15, 0.2) is 0 Å². The van der Waals surface area contributed by atoms with Crippen LogP contribution in [-0.2, 0) is 0 Å². The predicted molar refractivity (Wildman–Crippen MR) is 106 cm³/mol. The Kier molecular flexibility index (Phi) is 7.26. The van der Waals surface area contributed by atoms with Gasteiger partial charge in [-0.3, -0.25) is 4.79 Å². The minimum Gasteiger partial charge on any atom is -0.494 e. The lowest BCUT2D eigenvalue weighted by Crippen LogP contribution is -2.28. The van der Waals surface area contributed by atoms with Crippen molar-refractivity contribution in [1.29, 1.82) is 0 Å². The number of amides is 3. The summed E-state index contributed by atoms with van der Waals surface area (Å²) in [5.41, 5.74) is 2.06. The molecule has 0 aromatic heterocycles. The van der Waals surface area contributed by atoms with Gasteiger partial charge in [-0.15, -0.1) is 0 Å². The fourth-order valence-corrected chi connectivity index (χ4v) is 2.20. The highest BCUT2D eigenvalue weighted by Crippen LogP contribution is 2.15. The summed E-state index contributed by atoms with van der Waals surface area (Å²) in [6.07, 6.45) is 0. The number of carbonyl (C=O) groups excluding carboxylic acids is 2. The molecule has 0 aliphatic rings. The van der Waals surface area contributed by atoms with Crippen LogP contribution in [0.25, 0.3) is 0 Å². The van der Waals surface area contributed by atoms with Crippen molar-refractivity contribution in [3.05, 3.63) is 59.7 Å². The summed E-state index contributed by atoms with van der Waals surface area (Å²) in [5, 5.41) is 5.39. The van der Waals surface area contributed by atoms with E-state index >= 15 is 0 Å². The fraction of sp³-hybridized carbons (Fsp3) is 0.238. The molecule has 0 atom stereocenters. The Labute approximate surface area is 159 Å². The van der Waals surface area contributed by atoms with Crippen molar-refractivity contribution in [1.82, 2.24) is 10.2 Å².